The molecule has 0 bridgehead atoms. The van der Waals surface area contributed by atoms with E-state index in [4.69, 9.17) is 4.42 Å². The lowest BCUT2D eigenvalue weighted by atomic mass is 10.2. The molecule has 0 saturated heterocycles. The molecule has 0 fully saturated rings. The fourth-order valence-corrected chi connectivity index (χ4v) is 1.96. The molecule has 0 atom stereocenters. The van der Waals surface area contributed by atoms with Gasteiger partial charge in [0.2, 0.25) is 0 Å². The Morgan fingerprint density at radius 3 is 2.71 bits per heavy atom. The minimum absolute atomic E-state index is 0.600. The van der Waals surface area contributed by atoms with Gasteiger partial charge in [0.15, 0.2) is 9.84 Å². The molecule has 0 amide bonds. The molecule has 14 heavy (non-hydrogen) atoms. The molecular formula is C10H9O3S. The molecular weight excluding hydrogens is 200 g/mol. The topological polar surface area (TPSA) is 47.3 Å². The number of furan rings is 1. The zero-order chi connectivity index (χ0) is 10.2. The van der Waals surface area contributed by atoms with E-state index in [1.807, 2.05) is 18.2 Å². The molecule has 1 aromatic heterocycles. The second-order valence-corrected chi connectivity index (χ2v) is 5.03. The minimum atomic E-state index is -3.12. The van der Waals surface area contributed by atoms with Crippen LogP contribution in [0.15, 0.2) is 34.9 Å². The van der Waals surface area contributed by atoms with E-state index in [0.717, 1.165) is 11.6 Å². The quantitative estimate of drug-likeness (QED) is 0.759. The summed E-state index contributed by atoms with van der Waals surface area (Å²) in [6.07, 6.45) is 2.61. The van der Waals surface area contributed by atoms with E-state index in [1.165, 1.54) is 12.0 Å². The van der Waals surface area contributed by atoms with Gasteiger partial charge >= 0.3 is 0 Å². The molecule has 0 unspecified atom stereocenters. The summed E-state index contributed by atoms with van der Waals surface area (Å²) < 4.78 is 27.3. The average molecular weight is 209 g/mol. The van der Waals surface area contributed by atoms with Gasteiger partial charge in [0.1, 0.15) is 11.3 Å². The second-order valence-electron chi connectivity index (χ2n) is 3.13. The number of rotatable bonds is 2. The third-order valence-corrected chi connectivity index (χ3v) is 2.53. The van der Waals surface area contributed by atoms with Crippen LogP contribution in [0.25, 0.3) is 11.0 Å². The third-order valence-electron chi connectivity index (χ3n) is 1.85. The molecule has 2 aromatic rings. The van der Waals surface area contributed by atoms with Crippen LogP contribution in [0.3, 0.4) is 0 Å². The van der Waals surface area contributed by atoms with E-state index in [1.54, 1.807) is 6.07 Å². The molecule has 0 aliphatic carbocycles. The van der Waals surface area contributed by atoms with Crippen molar-refractivity contribution in [3.8, 4) is 0 Å². The van der Waals surface area contributed by atoms with Crippen LogP contribution < -0.4 is 0 Å². The fraction of sp³-hybridized carbons (Fsp3) is 0.100. The van der Waals surface area contributed by atoms with Crippen molar-refractivity contribution in [1.82, 2.24) is 0 Å². The van der Waals surface area contributed by atoms with Gasteiger partial charge < -0.3 is 4.42 Å². The summed E-state index contributed by atoms with van der Waals surface area (Å²) in [6, 6.07) is 7.32. The summed E-state index contributed by atoms with van der Waals surface area (Å²) >= 11 is 0. The number of hydrogen-bond acceptors (Lipinski definition) is 3. The summed E-state index contributed by atoms with van der Waals surface area (Å²) in [5.41, 5.74) is 1.30. The first-order chi connectivity index (χ1) is 6.56. The van der Waals surface area contributed by atoms with Crippen molar-refractivity contribution >= 4 is 20.8 Å². The van der Waals surface area contributed by atoms with Crippen LogP contribution in [0.4, 0.5) is 0 Å². The Morgan fingerprint density at radius 2 is 2.00 bits per heavy atom. The molecule has 0 aliphatic rings. The van der Waals surface area contributed by atoms with Gasteiger partial charge in [-0.15, -0.1) is 0 Å². The third kappa shape index (κ3) is 1.80. The number of hydrogen-bond donors (Lipinski definition) is 0. The number of para-hydroxylation sites is 1. The van der Waals surface area contributed by atoms with Gasteiger partial charge in [0.25, 0.3) is 0 Å². The molecule has 0 saturated carbocycles. The highest BCUT2D eigenvalue weighted by Gasteiger charge is 2.11. The molecule has 3 nitrogen and oxygen atoms in total. The Labute approximate surface area is 82.3 Å². The SMILES string of the molecule is CS(=O)(=O)[CH]c1coc2ccccc12. The largest absolute Gasteiger partial charge is 0.464 e. The summed E-state index contributed by atoms with van der Waals surface area (Å²) in [6.45, 7) is 0. The lowest BCUT2D eigenvalue weighted by Crippen LogP contribution is -1.96. The molecule has 2 rings (SSSR count). The monoisotopic (exact) mass is 209 g/mol. The first-order valence-corrected chi connectivity index (χ1v) is 6.03. The van der Waals surface area contributed by atoms with Gasteiger partial charge in [-0.25, -0.2) is 8.42 Å². The highest BCUT2D eigenvalue weighted by Crippen LogP contribution is 2.23. The Balaban J connectivity index is 2.54. The molecule has 0 N–H and O–H groups in total. The molecule has 0 spiro atoms. The van der Waals surface area contributed by atoms with Crippen LogP contribution in [0.1, 0.15) is 5.56 Å². The standard InChI is InChI=1S/C10H9O3S/c1-14(11,12)7-8-6-13-10-5-3-2-4-9(8)10/h2-7H,1H3. The van der Waals surface area contributed by atoms with E-state index < -0.39 is 9.84 Å². The summed E-state index contributed by atoms with van der Waals surface area (Å²) in [5.74, 6) is 1.21. The van der Waals surface area contributed by atoms with Crippen LogP contribution in [-0.4, -0.2) is 14.7 Å². The van der Waals surface area contributed by atoms with Gasteiger partial charge in [-0.3, -0.25) is 0 Å². The van der Waals surface area contributed by atoms with E-state index in [0.29, 0.717) is 11.1 Å². The maximum Gasteiger partial charge on any atom is 0.156 e. The van der Waals surface area contributed by atoms with Crippen LogP contribution in [-0.2, 0) is 9.84 Å². The van der Waals surface area contributed by atoms with E-state index >= 15 is 0 Å². The predicted octanol–water partition coefficient (Wildman–Crippen LogP) is 1.99. The predicted molar refractivity (Wildman–Crippen MR) is 54.5 cm³/mol. The first-order valence-electron chi connectivity index (χ1n) is 4.07. The van der Waals surface area contributed by atoms with E-state index in [2.05, 4.69) is 0 Å². The molecule has 1 heterocycles. The summed E-state index contributed by atoms with van der Waals surface area (Å²) in [7, 11) is -3.12. The van der Waals surface area contributed by atoms with Crippen LogP contribution >= 0.6 is 0 Å². The van der Waals surface area contributed by atoms with Crippen LogP contribution in [0, 0.1) is 5.75 Å². The van der Waals surface area contributed by atoms with Crippen LogP contribution in [0.2, 0.25) is 0 Å². The lowest BCUT2D eigenvalue weighted by Gasteiger charge is -1.93. The fourth-order valence-electron chi connectivity index (χ4n) is 1.32. The molecule has 1 radical (unpaired) electrons. The van der Waals surface area contributed by atoms with Gasteiger partial charge in [-0.1, -0.05) is 18.2 Å². The van der Waals surface area contributed by atoms with Gasteiger partial charge in [0.05, 0.1) is 6.26 Å². The van der Waals surface area contributed by atoms with Gasteiger partial charge in [0, 0.05) is 17.2 Å². The van der Waals surface area contributed by atoms with Crippen molar-refractivity contribution in [3.63, 3.8) is 0 Å². The molecule has 0 aliphatic heterocycles. The molecule has 1 aromatic carbocycles. The minimum Gasteiger partial charge on any atom is -0.464 e. The average Bonchev–Trinajstić information content (AvgIpc) is 2.47. The van der Waals surface area contributed by atoms with Gasteiger partial charge in [-0.05, 0) is 6.07 Å². The van der Waals surface area contributed by atoms with Crippen molar-refractivity contribution in [3.05, 3.63) is 41.8 Å². The smallest absolute Gasteiger partial charge is 0.156 e. The first kappa shape index (κ1) is 9.27. The van der Waals surface area contributed by atoms with Crippen molar-refractivity contribution in [1.29, 1.82) is 0 Å². The maximum absolute atomic E-state index is 11.0. The summed E-state index contributed by atoms with van der Waals surface area (Å²) in [4.78, 5) is 0. The van der Waals surface area contributed by atoms with Gasteiger partial charge in [-0.2, -0.15) is 0 Å². The van der Waals surface area contributed by atoms with Crippen molar-refractivity contribution in [2.24, 2.45) is 0 Å². The Kier molecular flexibility index (Phi) is 2.07. The number of benzene rings is 1. The van der Waals surface area contributed by atoms with Crippen molar-refractivity contribution in [2.75, 3.05) is 6.26 Å². The zero-order valence-corrected chi connectivity index (χ0v) is 8.41. The number of sulfone groups is 1. The Hall–Kier alpha value is -1.29. The number of fused-ring (bicyclic) bond motifs is 1. The highest BCUT2D eigenvalue weighted by molar-refractivity contribution is 7.92. The van der Waals surface area contributed by atoms with E-state index in [-0.39, 0.29) is 0 Å². The van der Waals surface area contributed by atoms with E-state index in [9.17, 15) is 8.42 Å². The summed E-state index contributed by atoms with van der Waals surface area (Å²) in [5, 5.41) is 0.818. The maximum atomic E-state index is 11.0. The highest BCUT2D eigenvalue weighted by atomic mass is 32.2. The Morgan fingerprint density at radius 1 is 1.29 bits per heavy atom. The normalized spacial score (nSPS) is 12.1. The lowest BCUT2D eigenvalue weighted by molar-refractivity contribution is 0.604. The molecule has 4 heteroatoms. The van der Waals surface area contributed by atoms with Crippen molar-refractivity contribution < 1.29 is 12.8 Å². The van der Waals surface area contributed by atoms with Crippen molar-refractivity contribution in [2.45, 2.75) is 0 Å². The second kappa shape index (κ2) is 3.13. The Bertz CT molecular complexity index is 552. The zero-order valence-electron chi connectivity index (χ0n) is 7.60. The molecule has 73 valence electrons. The van der Waals surface area contributed by atoms with Crippen LogP contribution in [0.5, 0.6) is 0 Å².